The normalized spacial score (nSPS) is 16.9. The van der Waals surface area contributed by atoms with Crippen LogP contribution in [0.25, 0.3) is 10.2 Å². The van der Waals surface area contributed by atoms with Crippen LogP contribution in [-0.2, 0) is 16.1 Å². The number of hydrogen-bond acceptors (Lipinski definition) is 3. The van der Waals surface area contributed by atoms with Gasteiger partial charge >= 0.3 is 0 Å². The molecule has 0 saturated heterocycles. The van der Waals surface area contributed by atoms with Gasteiger partial charge in [-0.15, -0.1) is 0 Å². The Kier molecular flexibility index (Phi) is 4.51. The molecule has 1 aliphatic carbocycles. The van der Waals surface area contributed by atoms with Gasteiger partial charge in [-0.2, -0.15) is 4.99 Å². The molecule has 4 nitrogen and oxygen atoms in total. The summed E-state index contributed by atoms with van der Waals surface area (Å²) in [6.07, 6.45) is 4.29. The number of rotatable bonds is 4. The predicted octanol–water partition coefficient (Wildman–Crippen LogP) is 2.97. The first kappa shape index (κ1) is 14.5. The summed E-state index contributed by atoms with van der Waals surface area (Å²) in [5.41, 5.74) is 1.12. The Labute approximate surface area is 128 Å². The third-order valence-corrected chi connectivity index (χ3v) is 5.08. The van der Waals surface area contributed by atoms with Crippen molar-refractivity contribution in [3.63, 3.8) is 0 Å². The molecule has 21 heavy (non-hydrogen) atoms. The highest BCUT2D eigenvalue weighted by molar-refractivity contribution is 7.16. The van der Waals surface area contributed by atoms with E-state index in [4.69, 9.17) is 4.74 Å². The molecule has 0 spiro atoms. The van der Waals surface area contributed by atoms with Crippen molar-refractivity contribution in [1.29, 1.82) is 0 Å². The summed E-state index contributed by atoms with van der Waals surface area (Å²) in [6.45, 7) is 1.34. The van der Waals surface area contributed by atoms with Crippen LogP contribution in [0.2, 0.25) is 0 Å². The number of hydrogen-bond donors (Lipinski definition) is 0. The lowest BCUT2D eigenvalue weighted by atomic mass is 10.1. The van der Waals surface area contributed by atoms with Crippen molar-refractivity contribution in [1.82, 2.24) is 4.57 Å². The monoisotopic (exact) mass is 304 g/mol. The largest absolute Gasteiger partial charge is 0.383 e. The summed E-state index contributed by atoms with van der Waals surface area (Å²) in [5.74, 6) is 0.177. The zero-order chi connectivity index (χ0) is 14.7. The molecule has 0 unspecified atom stereocenters. The van der Waals surface area contributed by atoms with Crippen molar-refractivity contribution < 1.29 is 9.53 Å². The molecule has 0 radical (unpaired) electrons. The van der Waals surface area contributed by atoms with Gasteiger partial charge in [-0.3, -0.25) is 4.79 Å². The number of carbonyl (C=O) groups is 1. The zero-order valence-corrected chi connectivity index (χ0v) is 13.1. The van der Waals surface area contributed by atoms with Crippen LogP contribution in [-0.4, -0.2) is 24.2 Å². The number of nitrogens with zero attached hydrogens (tertiary/aromatic N) is 2. The Morgan fingerprint density at radius 2 is 2.14 bits per heavy atom. The highest BCUT2D eigenvalue weighted by Gasteiger charge is 2.22. The molecule has 5 heteroatoms. The SMILES string of the molecule is COCCn1/c(=N/C(=O)C2CCCC2)sc2ccccc21. The van der Waals surface area contributed by atoms with Crippen molar-refractivity contribution in [2.24, 2.45) is 10.9 Å². The van der Waals surface area contributed by atoms with Gasteiger partial charge in [-0.25, -0.2) is 0 Å². The third kappa shape index (κ3) is 3.09. The minimum Gasteiger partial charge on any atom is -0.383 e. The van der Waals surface area contributed by atoms with Crippen LogP contribution in [0.5, 0.6) is 0 Å². The summed E-state index contributed by atoms with van der Waals surface area (Å²) in [6, 6.07) is 8.17. The summed E-state index contributed by atoms with van der Waals surface area (Å²) >= 11 is 1.58. The van der Waals surface area contributed by atoms with Gasteiger partial charge in [0.2, 0.25) is 0 Å². The standard InChI is InChI=1S/C16H20N2O2S/c1-20-11-10-18-13-8-4-5-9-14(13)21-16(18)17-15(19)12-6-2-3-7-12/h4-5,8-9,12H,2-3,6-7,10-11H2,1H3/b17-16-. The Morgan fingerprint density at radius 1 is 1.38 bits per heavy atom. The van der Waals surface area contributed by atoms with Gasteiger partial charge in [0.1, 0.15) is 0 Å². The molecule has 3 rings (SSSR count). The van der Waals surface area contributed by atoms with Crippen LogP contribution >= 0.6 is 11.3 Å². The van der Waals surface area contributed by atoms with Crippen molar-refractivity contribution in [3.05, 3.63) is 29.1 Å². The van der Waals surface area contributed by atoms with Gasteiger partial charge in [-0.05, 0) is 25.0 Å². The van der Waals surface area contributed by atoms with Gasteiger partial charge in [0.25, 0.3) is 5.91 Å². The van der Waals surface area contributed by atoms with Crippen LogP contribution in [0.15, 0.2) is 29.3 Å². The van der Waals surface area contributed by atoms with Gasteiger partial charge in [0.05, 0.1) is 16.8 Å². The molecule has 1 aliphatic rings. The summed E-state index contributed by atoms with van der Waals surface area (Å²) < 4.78 is 8.43. The Morgan fingerprint density at radius 3 is 2.90 bits per heavy atom. The van der Waals surface area contributed by atoms with Crippen LogP contribution < -0.4 is 4.80 Å². The molecule has 1 fully saturated rings. The molecule has 0 bridgehead atoms. The predicted molar refractivity (Wildman–Crippen MR) is 84.2 cm³/mol. The minimum atomic E-state index is 0.0465. The van der Waals surface area contributed by atoms with E-state index in [-0.39, 0.29) is 11.8 Å². The number of para-hydroxylation sites is 1. The van der Waals surface area contributed by atoms with Gasteiger partial charge in [-0.1, -0.05) is 36.3 Å². The van der Waals surface area contributed by atoms with E-state index in [0.717, 1.165) is 47.2 Å². The fourth-order valence-electron chi connectivity index (χ4n) is 2.86. The third-order valence-electron chi connectivity index (χ3n) is 4.02. The Balaban J connectivity index is 2.01. The van der Waals surface area contributed by atoms with Crippen LogP contribution in [0.4, 0.5) is 0 Å². The molecule has 1 amide bonds. The molecular formula is C16H20N2O2S. The topological polar surface area (TPSA) is 43.6 Å². The average Bonchev–Trinajstić information content (AvgIpc) is 3.13. The quantitative estimate of drug-likeness (QED) is 0.871. The number of fused-ring (bicyclic) bond motifs is 1. The van der Waals surface area contributed by atoms with Crippen LogP contribution in [0.1, 0.15) is 25.7 Å². The first-order valence-electron chi connectivity index (χ1n) is 7.45. The maximum atomic E-state index is 12.3. The number of ether oxygens (including phenoxy) is 1. The van der Waals surface area contributed by atoms with E-state index >= 15 is 0 Å². The highest BCUT2D eigenvalue weighted by atomic mass is 32.1. The second kappa shape index (κ2) is 6.54. The molecule has 1 heterocycles. The van der Waals surface area contributed by atoms with E-state index in [1.807, 2.05) is 12.1 Å². The first-order valence-corrected chi connectivity index (χ1v) is 8.27. The highest BCUT2D eigenvalue weighted by Crippen LogP contribution is 2.25. The number of thiazole rings is 1. The average molecular weight is 304 g/mol. The van der Waals surface area contributed by atoms with Crippen LogP contribution in [0, 0.1) is 5.92 Å². The molecule has 112 valence electrons. The number of carbonyl (C=O) groups excluding carboxylic acids is 1. The molecule has 0 N–H and O–H groups in total. The number of aromatic nitrogens is 1. The fourth-order valence-corrected chi connectivity index (χ4v) is 3.92. The van der Waals surface area contributed by atoms with E-state index in [1.165, 1.54) is 0 Å². The molecule has 0 atom stereocenters. The lowest BCUT2D eigenvalue weighted by molar-refractivity contribution is -0.121. The lowest BCUT2D eigenvalue weighted by Gasteiger charge is -2.05. The lowest BCUT2D eigenvalue weighted by Crippen LogP contribution is -2.21. The smallest absolute Gasteiger partial charge is 0.251 e. The van der Waals surface area contributed by atoms with E-state index in [0.29, 0.717) is 6.61 Å². The molecule has 1 aromatic heterocycles. The summed E-state index contributed by atoms with van der Waals surface area (Å²) in [5, 5.41) is 0. The van der Waals surface area contributed by atoms with Crippen molar-refractivity contribution in [2.45, 2.75) is 32.2 Å². The van der Waals surface area contributed by atoms with Crippen molar-refractivity contribution in [3.8, 4) is 0 Å². The van der Waals surface area contributed by atoms with E-state index in [9.17, 15) is 4.79 Å². The molecule has 1 saturated carbocycles. The maximum Gasteiger partial charge on any atom is 0.251 e. The molecule has 1 aromatic carbocycles. The Hall–Kier alpha value is -1.46. The Bertz CT molecular complexity index is 696. The maximum absolute atomic E-state index is 12.3. The van der Waals surface area contributed by atoms with Gasteiger partial charge in [0, 0.05) is 19.6 Å². The number of amides is 1. The second-order valence-electron chi connectivity index (χ2n) is 5.43. The fraction of sp³-hybridized carbons (Fsp3) is 0.500. The molecule has 2 aromatic rings. The number of benzene rings is 1. The van der Waals surface area contributed by atoms with E-state index < -0.39 is 0 Å². The molecular weight excluding hydrogens is 284 g/mol. The summed E-state index contributed by atoms with van der Waals surface area (Å²) in [7, 11) is 1.69. The zero-order valence-electron chi connectivity index (χ0n) is 12.2. The van der Waals surface area contributed by atoms with E-state index in [1.54, 1.807) is 18.4 Å². The minimum absolute atomic E-state index is 0.0465. The van der Waals surface area contributed by atoms with Gasteiger partial charge in [0.15, 0.2) is 4.80 Å². The van der Waals surface area contributed by atoms with Crippen molar-refractivity contribution in [2.75, 3.05) is 13.7 Å². The molecule has 0 aliphatic heterocycles. The van der Waals surface area contributed by atoms with E-state index in [2.05, 4.69) is 21.7 Å². The second-order valence-corrected chi connectivity index (χ2v) is 6.44. The van der Waals surface area contributed by atoms with Crippen molar-refractivity contribution >= 4 is 27.5 Å². The number of methoxy groups -OCH3 is 1. The summed E-state index contributed by atoms with van der Waals surface area (Å²) in [4.78, 5) is 17.5. The van der Waals surface area contributed by atoms with Crippen LogP contribution in [0.3, 0.4) is 0 Å². The van der Waals surface area contributed by atoms with Gasteiger partial charge < -0.3 is 9.30 Å². The first-order chi connectivity index (χ1) is 10.3.